The Morgan fingerprint density at radius 3 is 2.67 bits per heavy atom. The highest BCUT2D eigenvalue weighted by Crippen LogP contribution is 2.30. The van der Waals surface area contributed by atoms with Gasteiger partial charge in [0.05, 0.1) is 13.1 Å². The van der Waals surface area contributed by atoms with Crippen LogP contribution in [0.1, 0.15) is 31.3 Å². The molecule has 0 radical (unpaired) electrons. The lowest BCUT2D eigenvalue weighted by Crippen LogP contribution is -2.31. The molecule has 1 aliphatic heterocycles. The minimum absolute atomic E-state index is 0.0507. The Kier molecular flexibility index (Phi) is 5.47. The molecule has 0 saturated carbocycles. The maximum Gasteiger partial charge on any atom is 0.412 e. The standard InChI is InChI=1S/C15H21F3N2O/c1-2-7-19-10-13-3-4-14(21-13)11-20-8-5-12(6-9-20)15(16,17)18/h3-5,19H,2,6-11H2,1H3. The third kappa shape index (κ3) is 4.89. The molecule has 0 aliphatic carbocycles. The molecule has 1 N–H and O–H groups in total. The van der Waals surface area contributed by atoms with E-state index in [2.05, 4.69) is 12.2 Å². The second kappa shape index (κ2) is 7.13. The first-order chi connectivity index (χ1) is 9.99. The number of hydrogen-bond acceptors (Lipinski definition) is 3. The summed E-state index contributed by atoms with van der Waals surface area (Å²) in [4.78, 5) is 1.96. The Balaban J connectivity index is 1.82. The third-order valence-corrected chi connectivity index (χ3v) is 3.48. The molecule has 1 aromatic rings. The molecule has 1 aromatic heterocycles. The summed E-state index contributed by atoms with van der Waals surface area (Å²) in [7, 11) is 0. The number of furan rings is 1. The molecular formula is C15H21F3N2O. The van der Waals surface area contributed by atoms with Gasteiger partial charge < -0.3 is 9.73 Å². The van der Waals surface area contributed by atoms with Gasteiger partial charge >= 0.3 is 6.18 Å². The van der Waals surface area contributed by atoms with E-state index in [1.165, 1.54) is 6.08 Å². The number of nitrogens with one attached hydrogen (secondary N) is 1. The maximum atomic E-state index is 12.5. The van der Waals surface area contributed by atoms with E-state index in [4.69, 9.17) is 4.42 Å². The maximum absolute atomic E-state index is 12.5. The van der Waals surface area contributed by atoms with Gasteiger partial charge in [-0.25, -0.2) is 0 Å². The van der Waals surface area contributed by atoms with E-state index in [1.54, 1.807) is 0 Å². The van der Waals surface area contributed by atoms with Crippen molar-refractivity contribution < 1.29 is 17.6 Å². The Hall–Kier alpha value is -1.27. The molecule has 6 heteroatoms. The highest BCUT2D eigenvalue weighted by Gasteiger charge is 2.34. The lowest BCUT2D eigenvalue weighted by atomic mass is 10.1. The summed E-state index contributed by atoms with van der Waals surface area (Å²) in [5, 5.41) is 3.25. The Labute approximate surface area is 122 Å². The molecule has 0 saturated heterocycles. The second-order valence-electron chi connectivity index (χ2n) is 5.26. The van der Waals surface area contributed by atoms with E-state index in [-0.39, 0.29) is 6.42 Å². The highest BCUT2D eigenvalue weighted by molar-refractivity contribution is 5.14. The summed E-state index contributed by atoms with van der Waals surface area (Å²) in [6.07, 6.45) is -1.80. The van der Waals surface area contributed by atoms with Crippen LogP contribution in [0.4, 0.5) is 13.2 Å². The fourth-order valence-corrected chi connectivity index (χ4v) is 2.32. The largest absolute Gasteiger partial charge is 0.463 e. The zero-order valence-electron chi connectivity index (χ0n) is 12.2. The lowest BCUT2D eigenvalue weighted by molar-refractivity contribution is -0.0961. The van der Waals surface area contributed by atoms with Crippen molar-refractivity contribution in [3.8, 4) is 0 Å². The first-order valence-electron chi connectivity index (χ1n) is 7.26. The van der Waals surface area contributed by atoms with Gasteiger partial charge in [-0.05, 0) is 31.5 Å². The van der Waals surface area contributed by atoms with Crippen molar-refractivity contribution in [2.24, 2.45) is 0 Å². The monoisotopic (exact) mass is 302 g/mol. The van der Waals surface area contributed by atoms with E-state index in [0.29, 0.717) is 26.2 Å². The van der Waals surface area contributed by atoms with Crippen LogP contribution in [0.25, 0.3) is 0 Å². The first kappa shape index (κ1) is 16.1. The van der Waals surface area contributed by atoms with Crippen LogP contribution in [0.3, 0.4) is 0 Å². The van der Waals surface area contributed by atoms with Crippen molar-refractivity contribution in [2.75, 3.05) is 19.6 Å². The minimum atomic E-state index is -4.19. The summed E-state index contributed by atoms with van der Waals surface area (Å²) in [5.74, 6) is 1.66. The van der Waals surface area contributed by atoms with Crippen molar-refractivity contribution in [3.05, 3.63) is 35.3 Å². The first-order valence-corrected chi connectivity index (χ1v) is 7.26. The van der Waals surface area contributed by atoms with Gasteiger partial charge in [0.15, 0.2) is 0 Å². The van der Waals surface area contributed by atoms with Crippen LogP contribution in [0.15, 0.2) is 28.2 Å². The molecule has 0 spiro atoms. The Morgan fingerprint density at radius 2 is 2.05 bits per heavy atom. The van der Waals surface area contributed by atoms with Gasteiger partial charge in [-0.2, -0.15) is 13.2 Å². The quantitative estimate of drug-likeness (QED) is 0.644. The van der Waals surface area contributed by atoms with Gasteiger partial charge in [0.1, 0.15) is 11.5 Å². The fourth-order valence-electron chi connectivity index (χ4n) is 2.32. The summed E-state index contributed by atoms with van der Waals surface area (Å²) < 4.78 is 43.3. The summed E-state index contributed by atoms with van der Waals surface area (Å²) in [6.45, 7) is 5.00. The normalized spacial score (nSPS) is 17.0. The summed E-state index contributed by atoms with van der Waals surface area (Å²) in [6, 6.07) is 3.81. The smallest absolute Gasteiger partial charge is 0.412 e. The van der Waals surface area contributed by atoms with Crippen LogP contribution in [-0.4, -0.2) is 30.7 Å². The van der Waals surface area contributed by atoms with E-state index >= 15 is 0 Å². The van der Waals surface area contributed by atoms with Crippen LogP contribution in [0.5, 0.6) is 0 Å². The topological polar surface area (TPSA) is 28.4 Å². The van der Waals surface area contributed by atoms with Crippen LogP contribution >= 0.6 is 0 Å². The van der Waals surface area contributed by atoms with Crippen molar-refractivity contribution in [1.29, 1.82) is 0 Å². The van der Waals surface area contributed by atoms with E-state index < -0.39 is 11.7 Å². The molecule has 118 valence electrons. The number of halogens is 3. The number of alkyl halides is 3. The third-order valence-electron chi connectivity index (χ3n) is 3.48. The molecule has 0 atom stereocenters. The van der Waals surface area contributed by atoms with E-state index in [0.717, 1.165) is 24.5 Å². The second-order valence-corrected chi connectivity index (χ2v) is 5.26. The van der Waals surface area contributed by atoms with Gasteiger partial charge in [0.25, 0.3) is 0 Å². The molecule has 0 fully saturated rings. The Morgan fingerprint density at radius 1 is 1.29 bits per heavy atom. The van der Waals surface area contributed by atoms with Gasteiger partial charge in [0, 0.05) is 18.7 Å². The number of rotatable bonds is 6. The SMILES string of the molecule is CCCNCc1ccc(CN2CC=C(C(F)(F)F)CC2)o1. The average Bonchev–Trinajstić information content (AvgIpc) is 2.86. The molecule has 0 amide bonds. The minimum Gasteiger partial charge on any atom is -0.463 e. The molecule has 0 bridgehead atoms. The van der Waals surface area contributed by atoms with Crippen LogP contribution in [0.2, 0.25) is 0 Å². The van der Waals surface area contributed by atoms with Gasteiger partial charge in [-0.1, -0.05) is 13.0 Å². The van der Waals surface area contributed by atoms with Crippen molar-refractivity contribution in [3.63, 3.8) is 0 Å². The summed E-state index contributed by atoms with van der Waals surface area (Å²) in [5.41, 5.74) is -0.414. The van der Waals surface area contributed by atoms with Crippen LogP contribution in [0, 0.1) is 0 Å². The van der Waals surface area contributed by atoms with Crippen molar-refractivity contribution >= 4 is 0 Å². The fraction of sp³-hybridized carbons (Fsp3) is 0.600. The van der Waals surface area contributed by atoms with Crippen LogP contribution < -0.4 is 5.32 Å². The number of nitrogens with zero attached hydrogens (tertiary/aromatic N) is 1. The molecule has 2 rings (SSSR count). The van der Waals surface area contributed by atoms with E-state index in [1.807, 2.05) is 17.0 Å². The van der Waals surface area contributed by atoms with Crippen LogP contribution in [-0.2, 0) is 13.1 Å². The predicted octanol–water partition coefficient (Wildman–Crippen LogP) is 3.47. The Bertz CT molecular complexity index is 480. The molecule has 3 nitrogen and oxygen atoms in total. The van der Waals surface area contributed by atoms with Crippen molar-refractivity contribution in [2.45, 2.75) is 39.0 Å². The summed E-state index contributed by atoms with van der Waals surface area (Å²) >= 11 is 0. The zero-order valence-corrected chi connectivity index (χ0v) is 12.2. The predicted molar refractivity (Wildman–Crippen MR) is 74.7 cm³/mol. The van der Waals surface area contributed by atoms with Gasteiger partial charge in [-0.3, -0.25) is 4.90 Å². The average molecular weight is 302 g/mol. The van der Waals surface area contributed by atoms with Gasteiger partial charge in [-0.15, -0.1) is 0 Å². The molecule has 21 heavy (non-hydrogen) atoms. The molecule has 0 unspecified atom stereocenters. The highest BCUT2D eigenvalue weighted by atomic mass is 19.4. The van der Waals surface area contributed by atoms with Gasteiger partial charge in [0.2, 0.25) is 0 Å². The van der Waals surface area contributed by atoms with E-state index in [9.17, 15) is 13.2 Å². The molecular weight excluding hydrogens is 281 g/mol. The molecule has 0 aromatic carbocycles. The molecule has 1 aliphatic rings. The molecule has 2 heterocycles. The lowest BCUT2D eigenvalue weighted by Gasteiger charge is -2.26. The van der Waals surface area contributed by atoms with Crippen molar-refractivity contribution in [1.82, 2.24) is 10.2 Å². The number of hydrogen-bond donors (Lipinski definition) is 1. The zero-order chi connectivity index (χ0) is 15.3.